The molecule has 122 valence electrons. The maximum Gasteiger partial charge on any atom is 0.285 e. The molecule has 0 aliphatic carbocycles. The number of ether oxygens (including phenoxy) is 1. The molecule has 7 heteroatoms. The number of nitrogens with zero attached hydrogens (tertiary/aromatic N) is 2. The Morgan fingerprint density at radius 3 is 2.83 bits per heavy atom. The molecule has 0 bridgehead atoms. The molecule has 1 fully saturated rings. The number of benzene rings is 1. The first kappa shape index (κ1) is 15.7. The lowest BCUT2D eigenvalue weighted by atomic mass is 10.0. The molecule has 0 radical (unpaired) electrons. The van der Waals surface area contributed by atoms with Gasteiger partial charge in [-0.25, -0.2) is 5.10 Å². The van der Waals surface area contributed by atoms with E-state index in [2.05, 4.69) is 20.4 Å². The van der Waals surface area contributed by atoms with Gasteiger partial charge in [-0.05, 0) is 25.0 Å². The lowest BCUT2D eigenvalue weighted by Crippen LogP contribution is -2.39. The standard InChI is InChI=1S/C16H19ClN4O2/c1-23-14-5-3-2-4-12(14)19-11-6-8-21(9-7-11)13-10-18-20-16(22)15(13)17/h2-5,10-11,19H,6-9H2,1H3,(H,20,22). The Balaban J connectivity index is 1.64. The number of hydrogen-bond acceptors (Lipinski definition) is 5. The topological polar surface area (TPSA) is 70.2 Å². The van der Waals surface area contributed by atoms with E-state index in [1.807, 2.05) is 24.3 Å². The highest BCUT2D eigenvalue weighted by Gasteiger charge is 2.22. The first-order chi connectivity index (χ1) is 11.2. The fourth-order valence-electron chi connectivity index (χ4n) is 2.84. The second-order valence-corrected chi connectivity index (χ2v) is 5.88. The number of rotatable bonds is 4. The number of H-pyrrole nitrogens is 1. The van der Waals surface area contributed by atoms with Gasteiger partial charge in [0.2, 0.25) is 0 Å². The molecule has 0 spiro atoms. The fraction of sp³-hybridized carbons (Fsp3) is 0.375. The smallest absolute Gasteiger partial charge is 0.285 e. The van der Waals surface area contributed by atoms with Gasteiger partial charge in [-0.3, -0.25) is 4.79 Å². The molecule has 6 nitrogen and oxygen atoms in total. The lowest BCUT2D eigenvalue weighted by Gasteiger charge is -2.34. The third kappa shape index (κ3) is 3.42. The van der Waals surface area contributed by atoms with Crippen LogP contribution in [0.3, 0.4) is 0 Å². The second kappa shape index (κ2) is 6.91. The van der Waals surface area contributed by atoms with Crippen molar-refractivity contribution < 1.29 is 4.74 Å². The summed E-state index contributed by atoms with van der Waals surface area (Å²) in [7, 11) is 1.67. The maximum atomic E-state index is 11.6. The fourth-order valence-corrected chi connectivity index (χ4v) is 3.05. The third-order valence-corrected chi connectivity index (χ3v) is 4.44. The van der Waals surface area contributed by atoms with Gasteiger partial charge in [0.05, 0.1) is 24.7 Å². The zero-order valence-corrected chi connectivity index (χ0v) is 13.6. The van der Waals surface area contributed by atoms with Crippen LogP contribution in [0.2, 0.25) is 5.02 Å². The number of halogens is 1. The summed E-state index contributed by atoms with van der Waals surface area (Å²) in [4.78, 5) is 13.7. The highest BCUT2D eigenvalue weighted by atomic mass is 35.5. The van der Waals surface area contributed by atoms with Gasteiger partial charge >= 0.3 is 0 Å². The molecule has 1 aromatic carbocycles. The molecule has 2 N–H and O–H groups in total. The van der Waals surface area contributed by atoms with Crippen LogP contribution in [0.15, 0.2) is 35.3 Å². The van der Waals surface area contributed by atoms with Crippen molar-refractivity contribution in [3.8, 4) is 5.75 Å². The molecular formula is C16H19ClN4O2. The van der Waals surface area contributed by atoms with Crippen LogP contribution in [-0.2, 0) is 0 Å². The number of aromatic amines is 1. The molecule has 1 aliphatic heterocycles. The van der Waals surface area contributed by atoms with E-state index in [-0.39, 0.29) is 10.6 Å². The van der Waals surface area contributed by atoms with Gasteiger partial charge in [0.25, 0.3) is 5.56 Å². The van der Waals surface area contributed by atoms with Crippen LogP contribution in [0.1, 0.15) is 12.8 Å². The molecule has 0 atom stereocenters. The van der Waals surface area contributed by atoms with Gasteiger partial charge in [0.15, 0.2) is 0 Å². The van der Waals surface area contributed by atoms with E-state index in [0.717, 1.165) is 37.4 Å². The summed E-state index contributed by atoms with van der Waals surface area (Å²) in [5, 5.41) is 9.91. The van der Waals surface area contributed by atoms with Gasteiger partial charge in [0, 0.05) is 19.1 Å². The van der Waals surface area contributed by atoms with E-state index >= 15 is 0 Å². The number of methoxy groups -OCH3 is 1. The third-order valence-electron chi connectivity index (χ3n) is 4.08. The molecule has 0 unspecified atom stereocenters. The van der Waals surface area contributed by atoms with Crippen molar-refractivity contribution in [1.29, 1.82) is 0 Å². The van der Waals surface area contributed by atoms with Crippen molar-refractivity contribution in [3.63, 3.8) is 0 Å². The predicted molar refractivity (Wildman–Crippen MR) is 91.7 cm³/mol. The Labute approximate surface area is 139 Å². The maximum absolute atomic E-state index is 11.6. The minimum Gasteiger partial charge on any atom is -0.495 e. The average Bonchev–Trinajstić information content (AvgIpc) is 2.59. The quantitative estimate of drug-likeness (QED) is 0.899. The van der Waals surface area contributed by atoms with Gasteiger partial charge in [-0.15, -0.1) is 0 Å². The molecule has 1 aromatic heterocycles. The van der Waals surface area contributed by atoms with Gasteiger partial charge in [0.1, 0.15) is 10.8 Å². The average molecular weight is 335 g/mol. The van der Waals surface area contributed by atoms with Crippen molar-refractivity contribution in [2.24, 2.45) is 0 Å². The van der Waals surface area contributed by atoms with Gasteiger partial charge < -0.3 is 15.0 Å². The van der Waals surface area contributed by atoms with E-state index in [4.69, 9.17) is 16.3 Å². The summed E-state index contributed by atoms with van der Waals surface area (Å²) < 4.78 is 5.37. The summed E-state index contributed by atoms with van der Waals surface area (Å²) in [6.45, 7) is 1.63. The molecule has 3 rings (SSSR count). The van der Waals surface area contributed by atoms with Crippen LogP contribution in [0.4, 0.5) is 11.4 Å². The van der Waals surface area contributed by atoms with Crippen molar-refractivity contribution in [1.82, 2.24) is 10.2 Å². The number of anilines is 2. The number of piperidine rings is 1. The number of nitrogens with one attached hydrogen (secondary N) is 2. The molecule has 23 heavy (non-hydrogen) atoms. The molecule has 0 saturated carbocycles. The zero-order chi connectivity index (χ0) is 16.2. The SMILES string of the molecule is COc1ccccc1NC1CCN(c2cn[nH]c(=O)c2Cl)CC1. The van der Waals surface area contributed by atoms with Crippen molar-refractivity contribution in [2.75, 3.05) is 30.4 Å². The minimum atomic E-state index is -0.349. The highest BCUT2D eigenvalue weighted by molar-refractivity contribution is 6.32. The van der Waals surface area contributed by atoms with Crippen molar-refractivity contribution in [3.05, 3.63) is 45.8 Å². The summed E-state index contributed by atoms with van der Waals surface area (Å²) in [5.74, 6) is 0.844. The molecule has 1 aliphatic rings. The van der Waals surface area contributed by atoms with E-state index in [9.17, 15) is 4.79 Å². The molecule has 1 saturated heterocycles. The monoisotopic (exact) mass is 334 g/mol. The van der Waals surface area contributed by atoms with Crippen LogP contribution in [0, 0.1) is 0 Å². The van der Waals surface area contributed by atoms with E-state index in [0.29, 0.717) is 11.7 Å². The Bertz CT molecular complexity index is 726. The van der Waals surface area contributed by atoms with Crippen LogP contribution in [0.25, 0.3) is 0 Å². The first-order valence-electron chi connectivity index (χ1n) is 7.56. The summed E-state index contributed by atoms with van der Waals surface area (Å²) in [6, 6.07) is 8.26. The Morgan fingerprint density at radius 1 is 1.35 bits per heavy atom. The molecule has 2 heterocycles. The zero-order valence-electron chi connectivity index (χ0n) is 12.9. The first-order valence-corrected chi connectivity index (χ1v) is 7.94. The van der Waals surface area contributed by atoms with E-state index < -0.39 is 0 Å². The van der Waals surface area contributed by atoms with Gasteiger partial charge in [-0.1, -0.05) is 23.7 Å². The Hall–Kier alpha value is -2.21. The van der Waals surface area contributed by atoms with Crippen LogP contribution in [-0.4, -0.2) is 36.4 Å². The Morgan fingerprint density at radius 2 is 2.09 bits per heavy atom. The summed E-state index contributed by atoms with van der Waals surface area (Å²) >= 11 is 6.07. The van der Waals surface area contributed by atoms with Crippen molar-refractivity contribution in [2.45, 2.75) is 18.9 Å². The van der Waals surface area contributed by atoms with Crippen LogP contribution >= 0.6 is 11.6 Å². The molecule has 0 amide bonds. The number of para-hydroxylation sites is 2. The number of aromatic nitrogens is 2. The summed E-state index contributed by atoms with van der Waals surface area (Å²) in [5.41, 5.74) is 1.36. The summed E-state index contributed by atoms with van der Waals surface area (Å²) in [6.07, 6.45) is 3.50. The Kier molecular flexibility index (Phi) is 4.71. The predicted octanol–water partition coefficient (Wildman–Crippen LogP) is 2.51. The van der Waals surface area contributed by atoms with Crippen LogP contribution < -0.4 is 20.5 Å². The van der Waals surface area contributed by atoms with E-state index in [1.54, 1.807) is 13.3 Å². The minimum absolute atomic E-state index is 0.205. The normalized spacial score (nSPS) is 15.5. The number of hydrogen-bond donors (Lipinski definition) is 2. The second-order valence-electron chi connectivity index (χ2n) is 5.50. The molecule has 2 aromatic rings. The van der Waals surface area contributed by atoms with Crippen LogP contribution in [0.5, 0.6) is 5.75 Å². The van der Waals surface area contributed by atoms with Gasteiger partial charge in [-0.2, -0.15) is 5.10 Å². The largest absolute Gasteiger partial charge is 0.495 e. The van der Waals surface area contributed by atoms with Crippen molar-refractivity contribution >= 4 is 23.0 Å². The lowest BCUT2D eigenvalue weighted by molar-refractivity contribution is 0.415. The highest BCUT2D eigenvalue weighted by Crippen LogP contribution is 2.28. The molecular weight excluding hydrogens is 316 g/mol. The van der Waals surface area contributed by atoms with E-state index in [1.165, 1.54) is 0 Å².